The average Bonchev–Trinajstić information content (AvgIpc) is 2.85. The maximum Gasteiger partial charge on any atom is 0.164 e. The van der Waals surface area contributed by atoms with E-state index in [1.165, 1.54) is 0 Å². The Bertz CT molecular complexity index is 1320. The molecule has 0 atom stereocenters. The zero-order chi connectivity index (χ0) is 21.0. The molecule has 0 spiro atoms. The van der Waals surface area contributed by atoms with Crippen molar-refractivity contribution in [1.82, 2.24) is 19.9 Å². The molecule has 0 amide bonds. The van der Waals surface area contributed by atoms with Crippen LogP contribution in [0.15, 0.2) is 103 Å². The molecule has 3 aromatic carbocycles. The zero-order valence-corrected chi connectivity index (χ0v) is 17.2. The van der Waals surface area contributed by atoms with Crippen LogP contribution in [0.5, 0.6) is 0 Å². The third-order valence-electron chi connectivity index (χ3n) is 4.89. The molecule has 0 saturated carbocycles. The second kappa shape index (κ2) is 8.46. The molecule has 0 radical (unpaired) electrons. The molecule has 2 heterocycles. The lowest BCUT2D eigenvalue weighted by atomic mass is 10.1. The highest BCUT2D eigenvalue weighted by Gasteiger charge is 2.12. The molecule has 0 aliphatic carbocycles. The van der Waals surface area contributed by atoms with Crippen LogP contribution < -0.4 is 0 Å². The molecule has 0 aliphatic rings. The first-order chi connectivity index (χ1) is 15.3. The summed E-state index contributed by atoms with van der Waals surface area (Å²) in [6, 6.07) is 29.6. The molecule has 0 fully saturated rings. The largest absolute Gasteiger partial charge is 0.264 e. The fraction of sp³-hybridized carbons (Fsp3) is 0. The number of benzene rings is 3. The standard InChI is InChI=1S/C26H17ClN4/c27-23-10-4-8-21(16-23)26-30-24(19-6-2-1-3-7-19)29-25(31-26)20-13-11-18(12-14-20)22-9-5-15-28-17-22/h1-17H. The van der Waals surface area contributed by atoms with Gasteiger partial charge in [0, 0.05) is 34.1 Å². The Morgan fingerprint density at radius 3 is 1.71 bits per heavy atom. The van der Waals surface area contributed by atoms with E-state index in [1.54, 1.807) is 6.20 Å². The predicted molar refractivity (Wildman–Crippen MR) is 124 cm³/mol. The Morgan fingerprint density at radius 2 is 1.06 bits per heavy atom. The van der Waals surface area contributed by atoms with Gasteiger partial charge in [-0.1, -0.05) is 84.4 Å². The molecular weight excluding hydrogens is 404 g/mol. The van der Waals surface area contributed by atoms with Gasteiger partial charge in [-0.25, -0.2) is 15.0 Å². The van der Waals surface area contributed by atoms with Gasteiger partial charge in [0.2, 0.25) is 0 Å². The summed E-state index contributed by atoms with van der Waals surface area (Å²) in [6.45, 7) is 0. The highest BCUT2D eigenvalue weighted by atomic mass is 35.5. The van der Waals surface area contributed by atoms with Gasteiger partial charge in [0.05, 0.1) is 0 Å². The van der Waals surface area contributed by atoms with E-state index in [1.807, 2.05) is 85.1 Å². The Kier molecular flexibility index (Phi) is 5.21. The van der Waals surface area contributed by atoms with Crippen molar-refractivity contribution in [3.05, 3.63) is 108 Å². The van der Waals surface area contributed by atoms with Gasteiger partial charge < -0.3 is 0 Å². The summed E-state index contributed by atoms with van der Waals surface area (Å²) in [4.78, 5) is 18.4. The van der Waals surface area contributed by atoms with E-state index in [4.69, 9.17) is 26.6 Å². The molecule has 0 unspecified atom stereocenters. The summed E-state index contributed by atoms with van der Waals surface area (Å²) in [5.74, 6) is 1.82. The van der Waals surface area contributed by atoms with E-state index in [-0.39, 0.29) is 0 Å². The van der Waals surface area contributed by atoms with Gasteiger partial charge in [0.1, 0.15) is 0 Å². The molecule has 31 heavy (non-hydrogen) atoms. The minimum absolute atomic E-state index is 0.586. The SMILES string of the molecule is Clc1cccc(-c2nc(-c3ccccc3)nc(-c3ccc(-c4cccnc4)cc3)n2)c1. The van der Waals surface area contributed by atoms with Gasteiger partial charge in [-0.15, -0.1) is 0 Å². The molecule has 148 valence electrons. The molecule has 0 aliphatic heterocycles. The van der Waals surface area contributed by atoms with Gasteiger partial charge in [0.25, 0.3) is 0 Å². The van der Waals surface area contributed by atoms with Crippen LogP contribution >= 0.6 is 11.6 Å². The number of hydrogen-bond acceptors (Lipinski definition) is 4. The van der Waals surface area contributed by atoms with E-state index >= 15 is 0 Å². The third-order valence-corrected chi connectivity index (χ3v) is 5.12. The quantitative estimate of drug-likeness (QED) is 0.329. The molecule has 2 aromatic heterocycles. The molecule has 5 heteroatoms. The fourth-order valence-corrected chi connectivity index (χ4v) is 3.51. The average molecular weight is 421 g/mol. The number of rotatable bonds is 4. The van der Waals surface area contributed by atoms with Crippen LogP contribution in [0.1, 0.15) is 0 Å². The molecule has 0 saturated heterocycles. The summed E-state index contributed by atoms with van der Waals surface area (Å²) in [5, 5.41) is 0.640. The van der Waals surface area contributed by atoms with E-state index in [2.05, 4.69) is 17.1 Å². The van der Waals surface area contributed by atoms with Gasteiger partial charge in [0.15, 0.2) is 17.5 Å². The topological polar surface area (TPSA) is 51.6 Å². The second-order valence-corrected chi connectivity index (χ2v) is 7.44. The summed E-state index contributed by atoms with van der Waals surface area (Å²) < 4.78 is 0. The van der Waals surface area contributed by atoms with E-state index in [9.17, 15) is 0 Å². The van der Waals surface area contributed by atoms with Crippen molar-refractivity contribution in [2.24, 2.45) is 0 Å². The maximum absolute atomic E-state index is 6.21. The Morgan fingerprint density at radius 1 is 0.484 bits per heavy atom. The van der Waals surface area contributed by atoms with Crippen LogP contribution in [0.3, 0.4) is 0 Å². The number of halogens is 1. The highest BCUT2D eigenvalue weighted by molar-refractivity contribution is 6.30. The Hall–Kier alpha value is -3.89. The lowest BCUT2D eigenvalue weighted by Crippen LogP contribution is -2.00. The van der Waals surface area contributed by atoms with Crippen molar-refractivity contribution in [2.45, 2.75) is 0 Å². The number of nitrogens with zero attached hydrogens (tertiary/aromatic N) is 4. The fourth-order valence-electron chi connectivity index (χ4n) is 3.32. The molecule has 4 nitrogen and oxygen atoms in total. The maximum atomic E-state index is 6.21. The summed E-state index contributed by atoms with van der Waals surface area (Å²) in [6.07, 6.45) is 3.62. The van der Waals surface area contributed by atoms with E-state index in [0.29, 0.717) is 22.5 Å². The zero-order valence-electron chi connectivity index (χ0n) is 16.5. The molecule has 0 N–H and O–H groups in total. The summed E-state index contributed by atoms with van der Waals surface area (Å²) in [7, 11) is 0. The van der Waals surface area contributed by atoms with Crippen LogP contribution in [-0.2, 0) is 0 Å². The van der Waals surface area contributed by atoms with Crippen LogP contribution in [0, 0.1) is 0 Å². The second-order valence-electron chi connectivity index (χ2n) is 7.00. The van der Waals surface area contributed by atoms with E-state index in [0.717, 1.165) is 27.8 Å². The van der Waals surface area contributed by atoms with Crippen molar-refractivity contribution in [3.8, 4) is 45.3 Å². The van der Waals surface area contributed by atoms with Crippen molar-refractivity contribution in [3.63, 3.8) is 0 Å². The Balaban J connectivity index is 1.61. The Labute approximate surface area is 185 Å². The van der Waals surface area contributed by atoms with Gasteiger partial charge in [-0.05, 0) is 29.3 Å². The van der Waals surface area contributed by atoms with E-state index < -0.39 is 0 Å². The van der Waals surface area contributed by atoms with Crippen LogP contribution in [-0.4, -0.2) is 19.9 Å². The lowest BCUT2D eigenvalue weighted by Gasteiger charge is -2.09. The first-order valence-electron chi connectivity index (χ1n) is 9.84. The van der Waals surface area contributed by atoms with Crippen molar-refractivity contribution < 1.29 is 0 Å². The third kappa shape index (κ3) is 4.20. The van der Waals surface area contributed by atoms with Gasteiger partial charge in [-0.3, -0.25) is 4.98 Å². The molecule has 5 aromatic rings. The molecular formula is C26H17ClN4. The van der Waals surface area contributed by atoms with Crippen LogP contribution in [0.2, 0.25) is 5.02 Å². The number of hydrogen-bond donors (Lipinski definition) is 0. The first-order valence-corrected chi connectivity index (χ1v) is 10.2. The predicted octanol–water partition coefficient (Wildman–Crippen LogP) is 6.59. The first kappa shape index (κ1) is 19.1. The van der Waals surface area contributed by atoms with Crippen LogP contribution in [0.4, 0.5) is 0 Å². The summed E-state index contributed by atoms with van der Waals surface area (Å²) in [5.41, 5.74) is 4.84. The number of pyridine rings is 1. The highest BCUT2D eigenvalue weighted by Crippen LogP contribution is 2.27. The molecule has 0 bridgehead atoms. The minimum atomic E-state index is 0.586. The normalized spacial score (nSPS) is 10.7. The van der Waals surface area contributed by atoms with Crippen molar-refractivity contribution >= 4 is 11.6 Å². The minimum Gasteiger partial charge on any atom is -0.264 e. The van der Waals surface area contributed by atoms with Crippen LogP contribution in [0.25, 0.3) is 45.3 Å². The number of aromatic nitrogens is 4. The van der Waals surface area contributed by atoms with Crippen molar-refractivity contribution in [1.29, 1.82) is 0 Å². The smallest absolute Gasteiger partial charge is 0.164 e. The van der Waals surface area contributed by atoms with Gasteiger partial charge in [-0.2, -0.15) is 0 Å². The monoisotopic (exact) mass is 420 g/mol. The van der Waals surface area contributed by atoms with Gasteiger partial charge >= 0.3 is 0 Å². The summed E-state index contributed by atoms with van der Waals surface area (Å²) >= 11 is 6.21. The molecule has 5 rings (SSSR count). The lowest BCUT2D eigenvalue weighted by molar-refractivity contribution is 1.07. The van der Waals surface area contributed by atoms with Crippen molar-refractivity contribution in [2.75, 3.05) is 0 Å².